The van der Waals surface area contributed by atoms with Gasteiger partial charge in [0.05, 0.1) is 12.1 Å². The summed E-state index contributed by atoms with van der Waals surface area (Å²) < 4.78 is 5.80. The third-order valence-corrected chi connectivity index (χ3v) is 3.93. The molecule has 124 valence electrons. The standard InChI is InChI=1S/C19H26N2O2/c1-5-11-21(12-6-2)18(22)13-17-15(4)23-19(20-17)16-10-8-7-9-14(16)3/h7-10H,5-6,11-13H2,1-4H3. The van der Waals surface area contributed by atoms with E-state index in [4.69, 9.17) is 4.42 Å². The third-order valence-electron chi connectivity index (χ3n) is 3.93. The number of amides is 1. The van der Waals surface area contributed by atoms with Gasteiger partial charge in [-0.1, -0.05) is 32.0 Å². The van der Waals surface area contributed by atoms with Crippen molar-refractivity contribution in [1.82, 2.24) is 9.88 Å². The Morgan fingerprint density at radius 3 is 2.39 bits per heavy atom. The molecule has 1 aromatic heterocycles. The molecule has 23 heavy (non-hydrogen) atoms. The lowest BCUT2D eigenvalue weighted by Crippen LogP contribution is -2.33. The Balaban J connectivity index is 2.18. The van der Waals surface area contributed by atoms with Crippen LogP contribution in [-0.2, 0) is 11.2 Å². The lowest BCUT2D eigenvalue weighted by molar-refractivity contribution is -0.130. The smallest absolute Gasteiger partial charge is 0.228 e. The van der Waals surface area contributed by atoms with Gasteiger partial charge in [0.1, 0.15) is 5.76 Å². The normalized spacial score (nSPS) is 10.8. The SMILES string of the molecule is CCCN(CCC)C(=O)Cc1nc(-c2ccccc2C)oc1C. The number of rotatable bonds is 7. The number of oxazole rings is 1. The van der Waals surface area contributed by atoms with Gasteiger partial charge in [0, 0.05) is 18.7 Å². The van der Waals surface area contributed by atoms with Gasteiger partial charge in [0.25, 0.3) is 0 Å². The highest BCUT2D eigenvalue weighted by Crippen LogP contribution is 2.25. The van der Waals surface area contributed by atoms with Crippen LogP contribution in [0.3, 0.4) is 0 Å². The average molecular weight is 314 g/mol. The molecule has 0 aliphatic carbocycles. The molecule has 4 nitrogen and oxygen atoms in total. The van der Waals surface area contributed by atoms with Gasteiger partial charge in [-0.05, 0) is 38.3 Å². The van der Waals surface area contributed by atoms with Crippen molar-refractivity contribution in [3.63, 3.8) is 0 Å². The van der Waals surface area contributed by atoms with Crippen LogP contribution in [0.15, 0.2) is 28.7 Å². The van der Waals surface area contributed by atoms with Crippen LogP contribution in [0.5, 0.6) is 0 Å². The molecule has 1 amide bonds. The Labute approximate surface area is 138 Å². The van der Waals surface area contributed by atoms with Gasteiger partial charge in [-0.2, -0.15) is 0 Å². The molecule has 0 aliphatic heterocycles. The first-order valence-corrected chi connectivity index (χ1v) is 8.36. The van der Waals surface area contributed by atoms with Crippen LogP contribution >= 0.6 is 0 Å². The molecule has 1 heterocycles. The number of aromatic nitrogens is 1. The second-order valence-corrected chi connectivity index (χ2v) is 5.89. The molecule has 0 saturated heterocycles. The molecule has 0 spiro atoms. The van der Waals surface area contributed by atoms with Crippen LogP contribution in [0.25, 0.3) is 11.5 Å². The predicted molar refractivity (Wildman–Crippen MR) is 92.3 cm³/mol. The summed E-state index contributed by atoms with van der Waals surface area (Å²) in [5, 5.41) is 0. The van der Waals surface area contributed by atoms with Crippen molar-refractivity contribution >= 4 is 5.91 Å². The largest absolute Gasteiger partial charge is 0.441 e. The van der Waals surface area contributed by atoms with Gasteiger partial charge in [0.2, 0.25) is 11.8 Å². The maximum absolute atomic E-state index is 12.5. The van der Waals surface area contributed by atoms with Crippen molar-refractivity contribution in [2.24, 2.45) is 0 Å². The minimum absolute atomic E-state index is 0.126. The molecule has 0 fully saturated rings. The molecule has 0 bridgehead atoms. The Morgan fingerprint density at radius 1 is 1.13 bits per heavy atom. The Bertz CT molecular complexity index is 655. The van der Waals surface area contributed by atoms with Crippen LogP contribution in [0, 0.1) is 13.8 Å². The average Bonchev–Trinajstić information content (AvgIpc) is 2.88. The fraction of sp³-hybridized carbons (Fsp3) is 0.474. The molecule has 0 atom stereocenters. The minimum Gasteiger partial charge on any atom is -0.441 e. The Kier molecular flexibility index (Phi) is 5.97. The van der Waals surface area contributed by atoms with Crippen molar-refractivity contribution < 1.29 is 9.21 Å². The molecule has 1 aromatic carbocycles. The van der Waals surface area contributed by atoms with Crippen molar-refractivity contribution in [3.8, 4) is 11.5 Å². The molecule has 0 unspecified atom stereocenters. The van der Waals surface area contributed by atoms with E-state index in [-0.39, 0.29) is 5.91 Å². The van der Waals surface area contributed by atoms with E-state index in [0.717, 1.165) is 48.5 Å². The van der Waals surface area contributed by atoms with Gasteiger partial charge in [-0.3, -0.25) is 4.79 Å². The molecular formula is C19H26N2O2. The number of carbonyl (C=O) groups excluding carboxylic acids is 1. The first kappa shape index (κ1) is 17.3. The summed E-state index contributed by atoms with van der Waals surface area (Å²) in [5.74, 6) is 1.45. The van der Waals surface area contributed by atoms with Gasteiger partial charge < -0.3 is 9.32 Å². The maximum atomic E-state index is 12.5. The fourth-order valence-electron chi connectivity index (χ4n) is 2.68. The van der Waals surface area contributed by atoms with Gasteiger partial charge in [-0.25, -0.2) is 4.98 Å². The first-order chi connectivity index (χ1) is 11.1. The molecule has 0 radical (unpaired) electrons. The molecule has 2 rings (SSSR count). The van der Waals surface area contributed by atoms with E-state index in [1.807, 2.05) is 43.0 Å². The molecule has 2 aromatic rings. The fourth-order valence-corrected chi connectivity index (χ4v) is 2.68. The summed E-state index contributed by atoms with van der Waals surface area (Å²) in [5.41, 5.74) is 2.84. The maximum Gasteiger partial charge on any atom is 0.228 e. The number of nitrogens with zero attached hydrogens (tertiary/aromatic N) is 2. The van der Waals surface area contributed by atoms with E-state index in [1.54, 1.807) is 0 Å². The number of benzene rings is 1. The Hall–Kier alpha value is -2.10. The van der Waals surface area contributed by atoms with Crippen LogP contribution < -0.4 is 0 Å². The molecule has 0 N–H and O–H groups in total. The van der Waals surface area contributed by atoms with E-state index in [9.17, 15) is 4.79 Å². The monoisotopic (exact) mass is 314 g/mol. The van der Waals surface area contributed by atoms with Crippen molar-refractivity contribution in [2.45, 2.75) is 47.0 Å². The van der Waals surface area contributed by atoms with Crippen LogP contribution in [0.1, 0.15) is 43.7 Å². The summed E-state index contributed by atoms with van der Waals surface area (Å²) in [6.07, 6.45) is 2.25. The van der Waals surface area contributed by atoms with Crippen molar-refractivity contribution in [2.75, 3.05) is 13.1 Å². The van der Waals surface area contributed by atoms with E-state index in [0.29, 0.717) is 12.3 Å². The second-order valence-electron chi connectivity index (χ2n) is 5.89. The third kappa shape index (κ3) is 4.21. The zero-order valence-corrected chi connectivity index (χ0v) is 14.6. The van der Waals surface area contributed by atoms with Crippen LogP contribution in [0.4, 0.5) is 0 Å². The van der Waals surface area contributed by atoms with Crippen LogP contribution in [0.2, 0.25) is 0 Å². The van der Waals surface area contributed by atoms with Crippen molar-refractivity contribution in [3.05, 3.63) is 41.3 Å². The number of aryl methyl sites for hydroxylation is 2. The molecular weight excluding hydrogens is 288 g/mol. The van der Waals surface area contributed by atoms with Crippen molar-refractivity contribution in [1.29, 1.82) is 0 Å². The highest BCUT2D eigenvalue weighted by molar-refractivity contribution is 5.78. The minimum atomic E-state index is 0.126. The Morgan fingerprint density at radius 2 is 1.78 bits per heavy atom. The summed E-state index contributed by atoms with van der Waals surface area (Å²) in [7, 11) is 0. The number of hydrogen-bond donors (Lipinski definition) is 0. The first-order valence-electron chi connectivity index (χ1n) is 8.36. The lowest BCUT2D eigenvalue weighted by Gasteiger charge is -2.20. The summed E-state index contributed by atoms with van der Waals surface area (Å²) in [6, 6.07) is 7.99. The van der Waals surface area contributed by atoms with Gasteiger partial charge >= 0.3 is 0 Å². The van der Waals surface area contributed by atoms with E-state index < -0.39 is 0 Å². The quantitative estimate of drug-likeness (QED) is 0.771. The summed E-state index contributed by atoms with van der Waals surface area (Å²) in [6.45, 7) is 9.69. The summed E-state index contributed by atoms with van der Waals surface area (Å²) in [4.78, 5) is 19.0. The summed E-state index contributed by atoms with van der Waals surface area (Å²) >= 11 is 0. The number of hydrogen-bond acceptors (Lipinski definition) is 3. The van der Waals surface area contributed by atoms with E-state index >= 15 is 0 Å². The zero-order valence-electron chi connectivity index (χ0n) is 14.6. The van der Waals surface area contributed by atoms with E-state index in [1.165, 1.54) is 0 Å². The molecule has 4 heteroatoms. The van der Waals surface area contributed by atoms with Gasteiger partial charge in [-0.15, -0.1) is 0 Å². The van der Waals surface area contributed by atoms with Gasteiger partial charge in [0.15, 0.2) is 0 Å². The molecule has 0 saturated carbocycles. The lowest BCUT2D eigenvalue weighted by atomic mass is 10.1. The topological polar surface area (TPSA) is 46.3 Å². The van der Waals surface area contributed by atoms with E-state index in [2.05, 4.69) is 18.8 Å². The number of carbonyl (C=O) groups is 1. The zero-order chi connectivity index (χ0) is 16.8. The highest BCUT2D eigenvalue weighted by Gasteiger charge is 2.18. The second kappa shape index (κ2) is 7.95. The predicted octanol–water partition coefficient (Wildman–Crippen LogP) is 4.15. The molecule has 0 aliphatic rings. The highest BCUT2D eigenvalue weighted by atomic mass is 16.4. The van der Waals surface area contributed by atoms with Crippen LogP contribution in [-0.4, -0.2) is 28.9 Å².